The Kier molecular flexibility index (Phi) is 6.11. The first-order valence-corrected chi connectivity index (χ1v) is 8.79. The van der Waals surface area contributed by atoms with E-state index in [0.717, 1.165) is 0 Å². The summed E-state index contributed by atoms with van der Waals surface area (Å²) in [7, 11) is 3.76. The molecule has 0 radical (unpaired) electrons. The lowest BCUT2D eigenvalue weighted by Gasteiger charge is -2.23. The van der Waals surface area contributed by atoms with Gasteiger partial charge < -0.3 is 19.1 Å². The second kappa shape index (κ2) is 8.91. The molecule has 0 fully saturated rings. The lowest BCUT2D eigenvalue weighted by Crippen LogP contribution is -2.26. The molecule has 9 heteroatoms. The largest absolute Gasteiger partial charge is 0.465 e. The van der Waals surface area contributed by atoms with E-state index in [-0.39, 0.29) is 17.0 Å². The molecule has 1 aliphatic heterocycles. The second-order valence-corrected chi connectivity index (χ2v) is 5.97. The Bertz CT molecular complexity index is 1060. The van der Waals surface area contributed by atoms with Crippen LogP contribution >= 0.6 is 0 Å². The average Bonchev–Trinajstić information content (AvgIpc) is 3.17. The van der Waals surface area contributed by atoms with E-state index in [9.17, 15) is 14.4 Å². The van der Waals surface area contributed by atoms with Crippen LogP contribution in [0.2, 0.25) is 0 Å². The van der Waals surface area contributed by atoms with Gasteiger partial charge in [0.1, 0.15) is 5.70 Å². The number of esters is 3. The summed E-state index contributed by atoms with van der Waals surface area (Å²) in [5.74, 6) is -1.88. The summed E-state index contributed by atoms with van der Waals surface area (Å²) in [6, 6.07) is 8.53. The SMILES string of the molecule is COC(=O)C1=C(C(=O)OC)N(c2ccc(-n3ccc(C(=O)OC)n3)cc2)C=CC=C1. The number of benzene rings is 1. The molecule has 0 atom stereocenters. The highest BCUT2D eigenvalue weighted by molar-refractivity contribution is 6.05. The van der Waals surface area contributed by atoms with Gasteiger partial charge in [0, 0.05) is 18.1 Å². The number of allylic oxidation sites excluding steroid dienone is 2. The Morgan fingerprint density at radius 3 is 2.07 bits per heavy atom. The third-order valence-corrected chi connectivity index (χ3v) is 4.27. The maximum atomic E-state index is 12.5. The Hall–Kier alpha value is -4.14. The maximum Gasteiger partial charge on any atom is 0.358 e. The zero-order valence-electron chi connectivity index (χ0n) is 16.6. The van der Waals surface area contributed by atoms with Crippen molar-refractivity contribution in [1.29, 1.82) is 0 Å². The van der Waals surface area contributed by atoms with Gasteiger partial charge in [0.2, 0.25) is 0 Å². The van der Waals surface area contributed by atoms with E-state index >= 15 is 0 Å². The number of aromatic nitrogens is 2. The Balaban J connectivity index is 1.99. The van der Waals surface area contributed by atoms with E-state index in [2.05, 4.69) is 9.84 Å². The normalized spacial score (nSPS) is 13.1. The van der Waals surface area contributed by atoms with Crippen LogP contribution in [0, 0.1) is 0 Å². The van der Waals surface area contributed by atoms with Crippen LogP contribution in [0.4, 0.5) is 5.69 Å². The summed E-state index contributed by atoms with van der Waals surface area (Å²) in [5, 5.41) is 4.17. The van der Waals surface area contributed by atoms with E-state index in [1.807, 2.05) is 0 Å². The minimum Gasteiger partial charge on any atom is -0.465 e. The highest BCUT2D eigenvalue weighted by atomic mass is 16.5. The van der Waals surface area contributed by atoms with Gasteiger partial charge in [-0.25, -0.2) is 19.1 Å². The van der Waals surface area contributed by atoms with Crippen LogP contribution < -0.4 is 4.90 Å². The number of anilines is 1. The number of hydrogen-bond acceptors (Lipinski definition) is 8. The number of carbonyl (C=O) groups is 3. The van der Waals surface area contributed by atoms with E-state index in [1.54, 1.807) is 54.9 Å². The molecule has 0 aliphatic carbocycles. The molecule has 9 nitrogen and oxygen atoms in total. The molecular formula is C21H19N3O6. The van der Waals surface area contributed by atoms with Crippen molar-refractivity contribution in [2.75, 3.05) is 26.2 Å². The average molecular weight is 409 g/mol. The lowest BCUT2D eigenvalue weighted by molar-refractivity contribution is -0.139. The van der Waals surface area contributed by atoms with Gasteiger partial charge in [-0.3, -0.25) is 0 Å². The first kappa shape index (κ1) is 20.6. The van der Waals surface area contributed by atoms with Crippen LogP contribution in [-0.4, -0.2) is 49.0 Å². The first-order valence-electron chi connectivity index (χ1n) is 8.79. The van der Waals surface area contributed by atoms with E-state index in [0.29, 0.717) is 11.4 Å². The van der Waals surface area contributed by atoms with Crippen molar-refractivity contribution < 1.29 is 28.6 Å². The van der Waals surface area contributed by atoms with Crippen LogP contribution in [0.5, 0.6) is 0 Å². The molecule has 1 aromatic carbocycles. The van der Waals surface area contributed by atoms with Crippen molar-refractivity contribution in [3.8, 4) is 5.69 Å². The lowest BCUT2D eigenvalue weighted by atomic mass is 10.1. The quantitative estimate of drug-likeness (QED) is 0.547. The summed E-state index contributed by atoms with van der Waals surface area (Å²) in [6.07, 6.45) is 8.06. The maximum absolute atomic E-state index is 12.5. The van der Waals surface area contributed by atoms with Gasteiger partial charge in [-0.1, -0.05) is 6.08 Å². The second-order valence-electron chi connectivity index (χ2n) is 5.97. The van der Waals surface area contributed by atoms with Gasteiger partial charge in [-0.05, 0) is 42.5 Å². The summed E-state index contributed by atoms with van der Waals surface area (Å²) >= 11 is 0. The number of ether oxygens (including phenoxy) is 3. The highest BCUT2D eigenvalue weighted by Gasteiger charge is 2.27. The third kappa shape index (κ3) is 4.00. The Morgan fingerprint density at radius 1 is 0.800 bits per heavy atom. The molecule has 30 heavy (non-hydrogen) atoms. The van der Waals surface area contributed by atoms with Gasteiger partial charge >= 0.3 is 17.9 Å². The summed E-state index contributed by atoms with van der Waals surface area (Å²) in [6.45, 7) is 0. The number of rotatable bonds is 5. The molecular weight excluding hydrogens is 390 g/mol. The molecule has 1 aliphatic rings. The molecule has 0 bridgehead atoms. The van der Waals surface area contributed by atoms with Crippen molar-refractivity contribution in [2.24, 2.45) is 0 Å². The molecule has 3 rings (SSSR count). The van der Waals surface area contributed by atoms with Crippen LogP contribution in [0.25, 0.3) is 5.69 Å². The van der Waals surface area contributed by atoms with Crippen LogP contribution in [0.3, 0.4) is 0 Å². The van der Waals surface area contributed by atoms with Gasteiger partial charge in [-0.2, -0.15) is 5.10 Å². The van der Waals surface area contributed by atoms with Crippen LogP contribution in [0.1, 0.15) is 10.5 Å². The fraction of sp³-hybridized carbons (Fsp3) is 0.143. The number of nitrogens with zero attached hydrogens (tertiary/aromatic N) is 3. The zero-order chi connectivity index (χ0) is 21.7. The van der Waals surface area contributed by atoms with Gasteiger partial charge in [0.05, 0.1) is 32.6 Å². The topological polar surface area (TPSA) is 100.0 Å². The van der Waals surface area contributed by atoms with Crippen LogP contribution in [-0.2, 0) is 23.8 Å². The monoisotopic (exact) mass is 409 g/mol. The molecule has 2 aromatic rings. The van der Waals surface area contributed by atoms with Gasteiger partial charge in [0.15, 0.2) is 5.69 Å². The van der Waals surface area contributed by atoms with Gasteiger partial charge in [0.25, 0.3) is 0 Å². The van der Waals surface area contributed by atoms with Gasteiger partial charge in [-0.15, -0.1) is 0 Å². The molecule has 0 amide bonds. The van der Waals surface area contributed by atoms with E-state index in [4.69, 9.17) is 9.47 Å². The summed E-state index contributed by atoms with van der Waals surface area (Å²) < 4.78 is 15.9. The molecule has 0 N–H and O–H groups in total. The van der Waals surface area contributed by atoms with Crippen molar-refractivity contribution in [2.45, 2.75) is 0 Å². The molecule has 1 aromatic heterocycles. The fourth-order valence-electron chi connectivity index (χ4n) is 2.81. The summed E-state index contributed by atoms with van der Waals surface area (Å²) in [5.41, 5.74) is 1.55. The zero-order valence-corrected chi connectivity index (χ0v) is 16.6. The van der Waals surface area contributed by atoms with E-state index < -0.39 is 17.9 Å². The fourth-order valence-corrected chi connectivity index (χ4v) is 2.81. The smallest absolute Gasteiger partial charge is 0.358 e. The van der Waals surface area contributed by atoms with Crippen molar-refractivity contribution in [1.82, 2.24) is 9.78 Å². The number of carbonyl (C=O) groups excluding carboxylic acids is 3. The number of methoxy groups -OCH3 is 3. The van der Waals surface area contributed by atoms with Crippen molar-refractivity contribution in [3.63, 3.8) is 0 Å². The van der Waals surface area contributed by atoms with Crippen molar-refractivity contribution in [3.05, 3.63) is 77.9 Å². The Morgan fingerprint density at radius 2 is 1.43 bits per heavy atom. The molecule has 0 spiro atoms. The minimum atomic E-state index is -0.689. The first-order chi connectivity index (χ1) is 14.5. The molecule has 154 valence electrons. The molecule has 0 saturated heterocycles. The Labute approximate surface area is 172 Å². The molecule has 0 saturated carbocycles. The predicted octanol–water partition coefficient (Wildman–Crippen LogP) is 2.15. The minimum absolute atomic E-state index is 0.0224. The van der Waals surface area contributed by atoms with Crippen molar-refractivity contribution >= 4 is 23.6 Å². The van der Waals surface area contributed by atoms with E-state index in [1.165, 1.54) is 37.0 Å². The van der Waals surface area contributed by atoms with Crippen LogP contribution in [0.15, 0.2) is 72.2 Å². The summed E-state index contributed by atoms with van der Waals surface area (Å²) in [4.78, 5) is 37.8. The third-order valence-electron chi connectivity index (χ3n) is 4.27. The molecule has 0 unspecified atom stereocenters. The number of hydrogen-bond donors (Lipinski definition) is 0. The standard InChI is InChI=1S/C21H19N3O6/c1-28-19(25)16-6-4-5-12-23(18(16)21(27)30-3)14-7-9-15(10-8-14)24-13-11-17(22-24)20(26)29-2/h4-13H,1-3H3. The molecule has 2 heterocycles. The highest BCUT2D eigenvalue weighted by Crippen LogP contribution is 2.27. The predicted molar refractivity (Wildman–Crippen MR) is 107 cm³/mol.